The molecule has 50 valence electrons. The number of hydrogen-bond acceptors (Lipinski definition) is 3. The van der Waals surface area contributed by atoms with Gasteiger partial charge in [-0.1, -0.05) is 0 Å². The second-order valence-corrected chi connectivity index (χ2v) is 2.22. The lowest BCUT2D eigenvalue weighted by atomic mass is 10.2. The summed E-state index contributed by atoms with van der Waals surface area (Å²) in [5.41, 5.74) is 0. The van der Waals surface area contributed by atoms with Crippen molar-refractivity contribution in [2.45, 2.75) is 12.5 Å². The fraction of sp³-hybridized carbons (Fsp3) is 0.833. The maximum atomic E-state index is 8.30. The van der Waals surface area contributed by atoms with E-state index in [-0.39, 0.29) is 0 Å². The molecule has 0 aromatic heterocycles. The van der Waals surface area contributed by atoms with Gasteiger partial charge in [-0.05, 0) is 0 Å². The van der Waals surface area contributed by atoms with Crippen LogP contribution in [0.5, 0.6) is 0 Å². The minimum atomic E-state index is 0.378. The Balaban J connectivity index is 2.17. The lowest BCUT2D eigenvalue weighted by Crippen LogP contribution is -2.47. The smallest absolute Gasteiger partial charge is 0.0638 e. The monoisotopic (exact) mass is 125 g/mol. The highest BCUT2D eigenvalue weighted by Crippen LogP contribution is 1.90. The van der Waals surface area contributed by atoms with E-state index in [0.717, 1.165) is 19.6 Å². The molecule has 0 aliphatic carbocycles. The van der Waals surface area contributed by atoms with Crippen molar-refractivity contribution in [2.75, 3.05) is 19.6 Å². The topological polar surface area (TPSA) is 47.9 Å². The Morgan fingerprint density at radius 2 is 2.44 bits per heavy atom. The van der Waals surface area contributed by atoms with E-state index < -0.39 is 0 Å². The summed E-state index contributed by atoms with van der Waals surface area (Å²) >= 11 is 0. The quantitative estimate of drug-likeness (QED) is 0.495. The fourth-order valence-corrected chi connectivity index (χ4v) is 0.968. The molecule has 0 unspecified atom stereocenters. The van der Waals surface area contributed by atoms with Gasteiger partial charge in [0.1, 0.15) is 0 Å². The van der Waals surface area contributed by atoms with Crippen LogP contribution in [-0.4, -0.2) is 25.7 Å². The van der Waals surface area contributed by atoms with Crippen molar-refractivity contribution >= 4 is 0 Å². The Morgan fingerprint density at radius 1 is 1.56 bits per heavy atom. The first-order valence-corrected chi connectivity index (χ1v) is 3.24. The van der Waals surface area contributed by atoms with Gasteiger partial charge < -0.3 is 10.6 Å². The van der Waals surface area contributed by atoms with Crippen LogP contribution in [0.1, 0.15) is 6.42 Å². The van der Waals surface area contributed by atoms with Gasteiger partial charge in [0.05, 0.1) is 12.5 Å². The van der Waals surface area contributed by atoms with Crippen LogP contribution >= 0.6 is 0 Å². The van der Waals surface area contributed by atoms with E-state index in [1.807, 2.05) is 0 Å². The van der Waals surface area contributed by atoms with E-state index in [1.54, 1.807) is 0 Å². The summed E-state index contributed by atoms with van der Waals surface area (Å²) in [4.78, 5) is 0. The molecule has 9 heavy (non-hydrogen) atoms. The van der Waals surface area contributed by atoms with Crippen LogP contribution < -0.4 is 10.6 Å². The van der Waals surface area contributed by atoms with Crippen LogP contribution in [-0.2, 0) is 0 Å². The van der Waals surface area contributed by atoms with Crippen molar-refractivity contribution in [1.82, 2.24) is 10.6 Å². The first kappa shape index (κ1) is 6.53. The largest absolute Gasteiger partial charge is 0.314 e. The third-order valence-electron chi connectivity index (χ3n) is 1.46. The summed E-state index contributed by atoms with van der Waals surface area (Å²) in [5, 5.41) is 14.7. The van der Waals surface area contributed by atoms with Gasteiger partial charge >= 0.3 is 0 Å². The zero-order valence-corrected chi connectivity index (χ0v) is 5.35. The Labute approximate surface area is 55.1 Å². The SMILES string of the molecule is N#CC[C@@H]1CNCCN1. The zero-order valence-electron chi connectivity index (χ0n) is 5.35. The summed E-state index contributed by atoms with van der Waals surface area (Å²) in [7, 11) is 0. The van der Waals surface area contributed by atoms with Gasteiger partial charge in [-0.25, -0.2) is 0 Å². The second kappa shape index (κ2) is 3.44. The molecule has 0 saturated carbocycles. The Bertz CT molecular complexity index is 110. The van der Waals surface area contributed by atoms with Crippen LogP contribution in [0.25, 0.3) is 0 Å². The van der Waals surface area contributed by atoms with E-state index in [0.29, 0.717) is 12.5 Å². The number of nitrogens with zero attached hydrogens (tertiary/aromatic N) is 1. The van der Waals surface area contributed by atoms with E-state index >= 15 is 0 Å². The fourth-order valence-electron chi connectivity index (χ4n) is 0.968. The molecule has 0 aromatic carbocycles. The van der Waals surface area contributed by atoms with E-state index in [2.05, 4.69) is 16.7 Å². The number of hydrogen-bond donors (Lipinski definition) is 2. The maximum absolute atomic E-state index is 8.30. The van der Waals surface area contributed by atoms with Gasteiger partial charge in [-0.15, -0.1) is 0 Å². The van der Waals surface area contributed by atoms with Crippen molar-refractivity contribution in [3.05, 3.63) is 0 Å². The molecule has 1 saturated heterocycles. The minimum Gasteiger partial charge on any atom is -0.314 e. The Hall–Kier alpha value is -0.590. The number of rotatable bonds is 1. The van der Waals surface area contributed by atoms with Gasteiger partial charge in [-0.3, -0.25) is 0 Å². The Morgan fingerprint density at radius 3 is 3.00 bits per heavy atom. The van der Waals surface area contributed by atoms with Gasteiger partial charge in [0.2, 0.25) is 0 Å². The molecule has 3 nitrogen and oxygen atoms in total. The van der Waals surface area contributed by atoms with Crippen molar-refractivity contribution in [3.8, 4) is 6.07 Å². The molecule has 1 aliphatic rings. The molecule has 1 rings (SSSR count). The molecule has 1 fully saturated rings. The number of nitriles is 1. The normalized spacial score (nSPS) is 27.2. The summed E-state index contributed by atoms with van der Waals surface area (Å²) in [6.07, 6.45) is 0.618. The third-order valence-corrected chi connectivity index (χ3v) is 1.46. The molecular weight excluding hydrogens is 114 g/mol. The molecule has 2 N–H and O–H groups in total. The van der Waals surface area contributed by atoms with Gasteiger partial charge in [0, 0.05) is 25.7 Å². The van der Waals surface area contributed by atoms with Gasteiger partial charge in [0.25, 0.3) is 0 Å². The summed E-state index contributed by atoms with van der Waals surface area (Å²) in [6, 6.07) is 2.51. The van der Waals surface area contributed by atoms with Crippen molar-refractivity contribution in [2.24, 2.45) is 0 Å². The molecule has 1 atom stereocenters. The molecule has 0 radical (unpaired) electrons. The predicted molar refractivity (Wildman–Crippen MR) is 34.9 cm³/mol. The molecule has 0 amide bonds. The highest BCUT2D eigenvalue weighted by atomic mass is 15.0. The standard InChI is InChI=1S/C6H11N3/c7-2-1-6-5-8-3-4-9-6/h6,8-9H,1,3-5H2/t6-/m1/s1. The molecule has 0 spiro atoms. The predicted octanol–water partition coefficient (Wildman–Crippen LogP) is -0.539. The van der Waals surface area contributed by atoms with Crippen molar-refractivity contribution in [1.29, 1.82) is 5.26 Å². The van der Waals surface area contributed by atoms with E-state index in [9.17, 15) is 0 Å². The highest BCUT2D eigenvalue weighted by Gasteiger charge is 2.09. The summed E-state index contributed by atoms with van der Waals surface area (Å²) in [5.74, 6) is 0. The van der Waals surface area contributed by atoms with Crippen molar-refractivity contribution < 1.29 is 0 Å². The second-order valence-electron chi connectivity index (χ2n) is 2.22. The van der Waals surface area contributed by atoms with E-state index in [1.165, 1.54) is 0 Å². The van der Waals surface area contributed by atoms with Gasteiger partial charge in [-0.2, -0.15) is 5.26 Å². The lowest BCUT2D eigenvalue weighted by molar-refractivity contribution is 0.423. The first-order chi connectivity index (χ1) is 4.43. The van der Waals surface area contributed by atoms with Crippen LogP contribution in [0, 0.1) is 11.3 Å². The number of nitrogens with one attached hydrogen (secondary N) is 2. The molecule has 1 heterocycles. The molecule has 0 aromatic rings. The van der Waals surface area contributed by atoms with Crippen LogP contribution in [0.2, 0.25) is 0 Å². The maximum Gasteiger partial charge on any atom is 0.0638 e. The average Bonchev–Trinajstić information content (AvgIpc) is 1.91. The highest BCUT2D eigenvalue weighted by molar-refractivity contribution is 4.84. The van der Waals surface area contributed by atoms with Crippen LogP contribution in [0.15, 0.2) is 0 Å². The molecular formula is C6H11N3. The van der Waals surface area contributed by atoms with Crippen molar-refractivity contribution in [3.63, 3.8) is 0 Å². The molecule has 0 bridgehead atoms. The molecule has 1 aliphatic heterocycles. The average molecular weight is 125 g/mol. The summed E-state index contributed by atoms with van der Waals surface area (Å²) < 4.78 is 0. The van der Waals surface area contributed by atoms with Gasteiger partial charge in [0.15, 0.2) is 0 Å². The van der Waals surface area contributed by atoms with Crippen LogP contribution in [0.4, 0.5) is 0 Å². The number of piperazine rings is 1. The zero-order chi connectivity index (χ0) is 6.53. The lowest BCUT2D eigenvalue weighted by Gasteiger charge is -2.21. The third kappa shape index (κ3) is 2.00. The Kier molecular flexibility index (Phi) is 2.49. The van der Waals surface area contributed by atoms with Crippen LogP contribution in [0.3, 0.4) is 0 Å². The summed E-state index contributed by atoms with van der Waals surface area (Å²) in [6.45, 7) is 2.96. The first-order valence-electron chi connectivity index (χ1n) is 3.24. The molecule has 3 heteroatoms. The minimum absolute atomic E-state index is 0.378. The van der Waals surface area contributed by atoms with E-state index in [4.69, 9.17) is 5.26 Å².